The molecule has 0 aromatic carbocycles. The summed E-state index contributed by atoms with van der Waals surface area (Å²) in [5.41, 5.74) is 3.40. The number of aromatic amines is 2. The zero-order chi connectivity index (χ0) is 19.0. The first-order chi connectivity index (χ1) is 13.0. The van der Waals surface area contributed by atoms with E-state index in [0.717, 1.165) is 36.4 Å². The summed E-state index contributed by atoms with van der Waals surface area (Å²) in [6.45, 7) is 2.24. The maximum atomic E-state index is 12.7. The second-order valence-corrected chi connectivity index (χ2v) is 7.78. The van der Waals surface area contributed by atoms with E-state index in [0.29, 0.717) is 18.1 Å². The molecule has 0 spiro atoms. The number of aromatic nitrogens is 5. The Morgan fingerprint density at radius 1 is 1.33 bits per heavy atom. The first kappa shape index (κ1) is 17.6. The summed E-state index contributed by atoms with van der Waals surface area (Å²) in [7, 11) is 1.67. The number of nitrogens with one attached hydrogen (secondary N) is 2. The highest BCUT2D eigenvalue weighted by Crippen LogP contribution is 2.23. The highest BCUT2D eigenvalue weighted by atomic mass is 32.1. The summed E-state index contributed by atoms with van der Waals surface area (Å²) in [5, 5.41) is 10.1. The van der Waals surface area contributed by atoms with Crippen LogP contribution in [0.1, 0.15) is 45.2 Å². The van der Waals surface area contributed by atoms with E-state index in [-0.39, 0.29) is 11.5 Å². The minimum atomic E-state index is -0.466. The normalized spacial score (nSPS) is 13.4. The largest absolute Gasteiger partial charge is 0.335 e. The first-order valence-electron chi connectivity index (χ1n) is 8.85. The van der Waals surface area contributed by atoms with Gasteiger partial charge in [-0.3, -0.25) is 14.7 Å². The van der Waals surface area contributed by atoms with Gasteiger partial charge in [0, 0.05) is 24.3 Å². The van der Waals surface area contributed by atoms with Gasteiger partial charge in [0.15, 0.2) is 5.82 Å². The summed E-state index contributed by atoms with van der Waals surface area (Å²) in [6, 6.07) is 0. The molecule has 9 heteroatoms. The molecule has 140 valence electrons. The monoisotopic (exact) mass is 384 g/mol. The molecule has 3 aromatic heterocycles. The smallest absolute Gasteiger partial charge is 0.264 e. The Bertz CT molecular complexity index is 1050. The predicted octanol–water partition coefficient (Wildman–Crippen LogP) is 2.08. The van der Waals surface area contributed by atoms with Crippen molar-refractivity contribution in [2.24, 2.45) is 0 Å². The van der Waals surface area contributed by atoms with Crippen molar-refractivity contribution < 1.29 is 4.79 Å². The van der Waals surface area contributed by atoms with Crippen molar-refractivity contribution in [2.75, 3.05) is 7.05 Å². The van der Waals surface area contributed by atoms with Crippen LogP contribution >= 0.6 is 11.3 Å². The van der Waals surface area contributed by atoms with Crippen molar-refractivity contribution in [3.05, 3.63) is 49.5 Å². The number of hydrogen-bond acceptors (Lipinski definition) is 6. The molecule has 1 aliphatic rings. The first-order valence-corrected chi connectivity index (χ1v) is 9.73. The second kappa shape index (κ2) is 7.07. The van der Waals surface area contributed by atoms with Gasteiger partial charge in [0.25, 0.3) is 11.5 Å². The summed E-state index contributed by atoms with van der Waals surface area (Å²) in [6.07, 6.45) is 5.60. The van der Waals surface area contributed by atoms with Crippen LogP contribution < -0.4 is 5.56 Å². The van der Waals surface area contributed by atoms with Gasteiger partial charge in [-0.05, 0) is 38.2 Å². The van der Waals surface area contributed by atoms with Crippen LogP contribution in [0.15, 0.2) is 16.4 Å². The minimum Gasteiger partial charge on any atom is -0.335 e. The molecular formula is C18H20N6O2S. The third-order valence-electron chi connectivity index (χ3n) is 4.77. The Balaban J connectivity index is 1.53. The third kappa shape index (κ3) is 3.42. The number of rotatable bonds is 4. The Morgan fingerprint density at radius 2 is 2.15 bits per heavy atom. The number of H-pyrrole nitrogens is 2. The SMILES string of the molecule is Cc1nc(-c2ncc(C(=O)N(C)Cc3n[nH]c4c3CCCC4)c(=O)[nH]2)cs1. The molecule has 8 nitrogen and oxygen atoms in total. The van der Waals surface area contributed by atoms with Crippen molar-refractivity contribution in [1.82, 2.24) is 30.0 Å². The molecule has 3 aromatic rings. The summed E-state index contributed by atoms with van der Waals surface area (Å²) in [5.74, 6) is -0.0118. The molecular weight excluding hydrogens is 364 g/mol. The Morgan fingerprint density at radius 3 is 2.89 bits per heavy atom. The lowest BCUT2D eigenvalue weighted by atomic mass is 9.96. The number of carbonyl (C=O) groups excluding carboxylic acids is 1. The fraction of sp³-hybridized carbons (Fsp3) is 0.389. The van der Waals surface area contributed by atoms with E-state index in [4.69, 9.17) is 0 Å². The molecule has 27 heavy (non-hydrogen) atoms. The number of hydrogen-bond donors (Lipinski definition) is 2. The van der Waals surface area contributed by atoms with Gasteiger partial charge in [-0.2, -0.15) is 5.10 Å². The van der Waals surface area contributed by atoms with Gasteiger partial charge >= 0.3 is 0 Å². The molecule has 0 saturated carbocycles. The highest BCUT2D eigenvalue weighted by Gasteiger charge is 2.22. The molecule has 0 saturated heterocycles. The van der Waals surface area contributed by atoms with Gasteiger partial charge in [-0.25, -0.2) is 9.97 Å². The zero-order valence-corrected chi connectivity index (χ0v) is 16.0. The topological polar surface area (TPSA) is 108 Å². The van der Waals surface area contributed by atoms with E-state index in [2.05, 4.69) is 25.1 Å². The molecule has 0 bridgehead atoms. The van der Waals surface area contributed by atoms with Crippen molar-refractivity contribution >= 4 is 17.2 Å². The average Bonchev–Trinajstić information content (AvgIpc) is 3.28. The fourth-order valence-corrected chi connectivity index (χ4v) is 3.93. The number of aryl methyl sites for hydroxylation is 2. The van der Waals surface area contributed by atoms with E-state index in [9.17, 15) is 9.59 Å². The molecule has 0 fully saturated rings. The number of nitrogens with zero attached hydrogens (tertiary/aromatic N) is 4. The van der Waals surface area contributed by atoms with E-state index in [1.807, 2.05) is 12.3 Å². The Kier molecular flexibility index (Phi) is 4.61. The summed E-state index contributed by atoms with van der Waals surface area (Å²) < 4.78 is 0. The molecule has 0 aliphatic heterocycles. The fourth-order valence-electron chi connectivity index (χ4n) is 3.33. The van der Waals surface area contributed by atoms with Crippen LogP contribution in [0.2, 0.25) is 0 Å². The number of fused-ring (bicyclic) bond motifs is 1. The van der Waals surface area contributed by atoms with E-state index in [1.54, 1.807) is 7.05 Å². The Hall–Kier alpha value is -2.81. The molecule has 1 amide bonds. The van der Waals surface area contributed by atoms with Crippen molar-refractivity contribution in [3.8, 4) is 11.5 Å². The maximum Gasteiger partial charge on any atom is 0.264 e. The van der Waals surface area contributed by atoms with Crippen LogP contribution in [-0.4, -0.2) is 43.0 Å². The summed E-state index contributed by atoms with van der Waals surface area (Å²) >= 11 is 1.48. The maximum absolute atomic E-state index is 12.7. The number of amides is 1. The van der Waals surface area contributed by atoms with Crippen LogP contribution in [0.4, 0.5) is 0 Å². The van der Waals surface area contributed by atoms with Crippen LogP contribution in [-0.2, 0) is 19.4 Å². The van der Waals surface area contributed by atoms with Gasteiger partial charge in [0.05, 0.1) is 17.2 Å². The van der Waals surface area contributed by atoms with Gasteiger partial charge in [0.1, 0.15) is 11.3 Å². The van der Waals surface area contributed by atoms with Gasteiger partial charge in [-0.15, -0.1) is 11.3 Å². The van der Waals surface area contributed by atoms with Crippen molar-refractivity contribution in [1.29, 1.82) is 0 Å². The molecule has 0 radical (unpaired) electrons. The molecule has 3 heterocycles. The van der Waals surface area contributed by atoms with Gasteiger partial charge < -0.3 is 9.88 Å². The van der Waals surface area contributed by atoms with Gasteiger partial charge in [-0.1, -0.05) is 0 Å². The lowest BCUT2D eigenvalue weighted by Gasteiger charge is -2.17. The quantitative estimate of drug-likeness (QED) is 0.716. The van der Waals surface area contributed by atoms with Gasteiger partial charge in [0.2, 0.25) is 0 Å². The van der Waals surface area contributed by atoms with E-state index < -0.39 is 5.56 Å². The molecule has 0 atom stereocenters. The average molecular weight is 384 g/mol. The molecule has 2 N–H and O–H groups in total. The number of thiazole rings is 1. The van der Waals surface area contributed by atoms with E-state index >= 15 is 0 Å². The van der Waals surface area contributed by atoms with E-state index in [1.165, 1.54) is 33.7 Å². The summed E-state index contributed by atoms with van der Waals surface area (Å²) in [4.78, 5) is 37.8. The second-order valence-electron chi connectivity index (χ2n) is 6.72. The standard InChI is InChI=1S/C18H20N6O2S/c1-10-20-15(9-27-10)16-19-7-12(17(25)21-16)18(26)24(2)8-14-11-5-3-4-6-13(11)22-23-14/h7,9H,3-6,8H2,1-2H3,(H,22,23)(H,19,21,25). The minimum absolute atomic E-state index is 0.0117. The number of carbonyl (C=O) groups is 1. The molecule has 4 rings (SSSR count). The Labute approximate surface area is 159 Å². The third-order valence-corrected chi connectivity index (χ3v) is 5.54. The lowest BCUT2D eigenvalue weighted by Crippen LogP contribution is -2.32. The van der Waals surface area contributed by atoms with Crippen LogP contribution in [0.25, 0.3) is 11.5 Å². The van der Waals surface area contributed by atoms with Crippen molar-refractivity contribution in [3.63, 3.8) is 0 Å². The lowest BCUT2D eigenvalue weighted by molar-refractivity contribution is 0.0781. The van der Waals surface area contributed by atoms with Crippen LogP contribution in [0, 0.1) is 6.92 Å². The van der Waals surface area contributed by atoms with Crippen molar-refractivity contribution in [2.45, 2.75) is 39.2 Å². The van der Waals surface area contributed by atoms with Crippen LogP contribution in [0.5, 0.6) is 0 Å². The molecule has 1 aliphatic carbocycles. The highest BCUT2D eigenvalue weighted by molar-refractivity contribution is 7.09. The predicted molar refractivity (Wildman–Crippen MR) is 102 cm³/mol. The molecule has 0 unspecified atom stereocenters. The zero-order valence-electron chi connectivity index (χ0n) is 15.2. The van der Waals surface area contributed by atoms with Crippen LogP contribution in [0.3, 0.4) is 0 Å².